The molecule has 0 heterocycles. The van der Waals surface area contributed by atoms with E-state index in [1.54, 1.807) is 0 Å². The highest BCUT2D eigenvalue weighted by atomic mass is 35.5. The van der Waals surface area contributed by atoms with Gasteiger partial charge in [-0.1, -0.05) is 88.7 Å². The van der Waals surface area contributed by atoms with Gasteiger partial charge in [0.15, 0.2) is 6.07 Å². The maximum absolute atomic E-state index is 10.2. The van der Waals surface area contributed by atoms with Crippen LogP contribution in [-0.2, 0) is 14.6 Å². The minimum absolute atomic E-state index is 0.128. The van der Waals surface area contributed by atoms with Crippen LogP contribution < -0.4 is 0 Å². The lowest BCUT2D eigenvalue weighted by atomic mass is 9.86. The van der Waals surface area contributed by atoms with Crippen molar-refractivity contribution in [1.82, 2.24) is 0 Å². The zero-order chi connectivity index (χ0) is 18.9. The molecule has 0 aliphatic heterocycles. The number of unbranched alkanes of at least 4 members (excludes halogenated alkanes) is 1. The number of halogens is 1. The summed E-state index contributed by atoms with van der Waals surface area (Å²) in [6, 6.07) is 0.128. The van der Waals surface area contributed by atoms with Crippen LogP contribution in [-0.4, -0.2) is 23.7 Å². The lowest BCUT2D eigenvalue weighted by Gasteiger charge is -2.21. The summed E-state index contributed by atoms with van der Waals surface area (Å²) in [5, 5.41) is 8.44. The molecule has 4 nitrogen and oxygen atoms in total. The molecule has 1 N–H and O–H groups in total. The standard InChI is InChI=1S/C11H21ClO2.C10H18O2/c12-10-14-13-9-5-4-8-11-6-2-1-3-7-11;11-10(12)8-4-7-9-5-2-1-3-6-9/h11H,1-10H2;9H,1-8H2,(H,11,12). The Balaban J connectivity index is 0.000000263. The Hall–Kier alpha value is -0.320. The van der Waals surface area contributed by atoms with E-state index in [4.69, 9.17) is 21.6 Å². The number of hydrogen-bond acceptors (Lipinski definition) is 3. The van der Waals surface area contributed by atoms with Crippen LogP contribution in [0.25, 0.3) is 0 Å². The van der Waals surface area contributed by atoms with Gasteiger partial charge in [0.25, 0.3) is 0 Å². The Morgan fingerprint density at radius 1 is 0.808 bits per heavy atom. The summed E-state index contributed by atoms with van der Waals surface area (Å²) in [5.74, 6) is 1.17. The predicted octanol–water partition coefficient (Wildman–Crippen LogP) is 6.70. The summed E-state index contributed by atoms with van der Waals surface area (Å²) in [7, 11) is 0. The molecule has 26 heavy (non-hydrogen) atoms. The summed E-state index contributed by atoms with van der Waals surface area (Å²) in [5.41, 5.74) is 0. The van der Waals surface area contributed by atoms with Crippen molar-refractivity contribution in [2.45, 2.75) is 103 Å². The molecule has 5 heteroatoms. The third kappa shape index (κ3) is 13.8. The van der Waals surface area contributed by atoms with Crippen molar-refractivity contribution < 1.29 is 19.7 Å². The first-order valence-corrected chi connectivity index (χ1v) is 11.3. The highest BCUT2D eigenvalue weighted by Crippen LogP contribution is 2.28. The van der Waals surface area contributed by atoms with E-state index >= 15 is 0 Å². The smallest absolute Gasteiger partial charge is 0.303 e. The van der Waals surface area contributed by atoms with Crippen LogP contribution in [0.2, 0.25) is 0 Å². The Morgan fingerprint density at radius 2 is 1.35 bits per heavy atom. The van der Waals surface area contributed by atoms with Crippen molar-refractivity contribution in [1.29, 1.82) is 0 Å². The number of hydrogen-bond donors (Lipinski definition) is 1. The molecular formula is C21H39ClO4. The van der Waals surface area contributed by atoms with Gasteiger partial charge in [-0.05, 0) is 31.1 Å². The highest BCUT2D eigenvalue weighted by molar-refractivity contribution is 6.17. The van der Waals surface area contributed by atoms with E-state index in [9.17, 15) is 4.79 Å². The summed E-state index contributed by atoms with van der Waals surface area (Å²) < 4.78 is 0. The first kappa shape index (κ1) is 23.7. The first-order chi connectivity index (χ1) is 12.7. The van der Waals surface area contributed by atoms with Gasteiger partial charge < -0.3 is 5.11 Å². The lowest BCUT2D eigenvalue weighted by molar-refractivity contribution is -0.280. The van der Waals surface area contributed by atoms with E-state index in [1.807, 2.05) is 0 Å². The molecule has 0 saturated heterocycles. The fourth-order valence-electron chi connectivity index (χ4n) is 4.18. The summed E-state index contributed by atoms with van der Waals surface area (Å²) in [4.78, 5) is 19.7. The van der Waals surface area contributed by atoms with Crippen molar-refractivity contribution in [2.75, 3.05) is 12.7 Å². The zero-order valence-corrected chi connectivity index (χ0v) is 17.2. The van der Waals surface area contributed by atoms with Gasteiger partial charge in [0.2, 0.25) is 0 Å². The fourth-order valence-corrected chi connectivity index (χ4v) is 4.24. The zero-order valence-electron chi connectivity index (χ0n) is 16.4. The molecule has 0 atom stereocenters. The maximum Gasteiger partial charge on any atom is 0.303 e. The monoisotopic (exact) mass is 390 g/mol. The summed E-state index contributed by atoms with van der Waals surface area (Å²) in [6.07, 6.45) is 20.1. The summed E-state index contributed by atoms with van der Waals surface area (Å²) in [6.45, 7) is 0.680. The molecule has 2 rings (SSSR count). The number of carboxylic acids is 1. The van der Waals surface area contributed by atoms with Gasteiger partial charge in [0.1, 0.15) is 0 Å². The van der Waals surface area contributed by atoms with E-state index in [0.29, 0.717) is 13.0 Å². The minimum atomic E-state index is -0.647. The number of rotatable bonds is 11. The Bertz CT molecular complexity index is 326. The van der Waals surface area contributed by atoms with Crippen molar-refractivity contribution in [3.8, 4) is 0 Å². The number of alkyl halides is 1. The lowest BCUT2D eigenvalue weighted by Crippen LogP contribution is -2.06. The molecule has 2 aliphatic rings. The molecule has 154 valence electrons. The van der Waals surface area contributed by atoms with E-state index in [2.05, 4.69) is 4.89 Å². The van der Waals surface area contributed by atoms with Crippen LogP contribution in [0.1, 0.15) is 103 Å². The summed E-state index contributed by atoms with van der Waals surface area (Å²) >= 11 is 5.29. The number of carbonyl (C=O) groups is 1. The maximum atomic E-state index is 10.2. The average molecular weight is 391 g/mol. The number of carboxylic acid groups (broad SMARTS) is 1. The van der Waals surface area contributed by atoms with Crippen molar-refractivity contribution in [3.63, 3.8) is 0 Å². The van der Waals surface area contributed by atoms with Crippen LogP contribution in [0.4, 0.5) is 0 Å². The second-order valence-corrected chi connectivity index (χ2v) is 8.06. The van der Waals surface area contributed by atoms with Crippen molar-refractivity contribution in [3.05, 3.63) is 0 Å². The molecule has 0 radical (unpaired) electrons. The molecule has 0 aromatic heterocycles. The molecule has 0 bridgehead atoms. The third-order valence-electron chi connectivity index (χ3n) is 5.67. The Morgan fingerprint density at radius 3 is 1.85 bits per heavy atom. The molecule has 0 amide bonds. The topological polar surface area (TPSA) is 55.8 Å². The number of aliphatic carboxylic acids is 1. The predicted molar refractivity (Wildman–Crippen MR) is 106 cm³/mol. The molecule has 0 spiro atoms. The third-order valence-corrected chi connectivity index (χ3v) is 5.76. The van der Waals surface area contributed by atoms with Gasteiger partial charge >= 0.3 is 5.97 Å². The molecule has 0 aromatic carbocycles. The molecule has 0 unspecified atom stereocenters. The Labute approximate surface area is 164 Å². The van der Waals surface area contributed by atoms with Crippen molar-refractivity contribution in [2.24, 2.45) is 11.8 Å². The molecule has 0 aromatic rings. The van der Waals surface area contributed by atoms with E-state index in [1.165, 1.54) is 77.0 Å². The van der Waals surface area contributed by atoms with E-state index in [-0.39, 0.29) is 6.07 Å². The highest BCUT2D eigenvalue weighted by Gasteiger charge is 2.13. The normalized spacial score (nSPS) is 19.0. The molecular weight excluding hydrogens is 352 g/mol. The SMILES string of the molecule is ClCOOCCCCC1CCCCC1.O=C(O)CCCC1CCCCC1. The quantitative estimate of drug-likeness (QED) is 0.184. The van der Waals surface area contributed by atoms with Gasteiger partial charge in [-0.25, -0.2) is 9.78 Å². The van der Waals surface area contributed by atoms with Crippen LogP contribution >= 0.6 is 11.6 Å². The second kappa shape index (κ2) is 16.8. The van der Waals surface area contributed by atoms with Crippen LogP contribution in [0.15, 0.2) is 0 Å². The van der Waals surface area contributed by atoms with Gasteiger partial charge in [-0.2, -0.15) is 0 Å². The average Bonchev–Trinajstić information content (AvgIpc) is 2.66. The van der Waals surface area contributed by atoms with Gasteiger partial charge in [0, 0.05) is 6.42 Å². The molecule has 2 aliphatic carbocycles. The van der Waals surface area contributed by atoms with Crippen LogP contribution in [0.3, 0.4) is 0 Å². The van der Waals surface area contributed by atoms with E-state index < -0.39 is 5.97 Å². The molecule has 2 saturated carbocycles. The van der Waals surface area contributed by atoms with E-state index in [0.717, 1.165) is 31.1 Å². The van der Waals surface area contributed by atoms with Crippen LogP contribution in [0.5, 0.6) is 0 Å². The minimum Gasteiger partial charge on any atom is -0.481 e. The van der Waals surface area contributed by atoms with Crippen LogP contribution in [0, 0.1) is 11.8 Å². The molecule has 2 fully saturated rings. The van der Waals surface area contributed by atoms with Crippen molar-refractivity contribution >= 4 is 17.6 Å². The largest absolute Gasteiger partial charge is 0.481 e. The first-order valence-electron chi connectivity index (χ1n) is 10.7. The van der Waals surface area contributed by atoms with Gasteiger partial charge in [0.05, 0.1) is 6.61 Å². The van der Waals surface area contributed by atoms with Gasteiger partial charge in [-0.15, -0.1) is 0 Å². The fraction of sp³-hybridized carbons (Fsp3) is 0.952. The second-order valence-electron chi connectivity index (χ2n) is 7.84. The Kier molecular flexibility index (Phi) is 15.3. The van der Waals surface area contributed by atoms with Gasteiger partial charge in [-0.3, -0.25) is 4.79 Å².